The van der Waals surface area contributed by atoms with Gasteiger partial charge in [0.05, 0.1) is 6.61 Å². The fourth-order valence-corrected chi connectivity index (χ4v) is 5.02. The lowest BCUT2D eigenvalue weighted by Gasteiger charge is -2.24. The van der Waals surface area contributed by atoms with Crippen LogP contribution in [0, 0.1) is 13.8 Å². The number of rotatable bonds is 7. The van der Waals surface area contributed by atoms with Crippen LogP contribution in [0.4, 0.5) is 0 Å². The van der Waals surface area contributed by atoms with Crippen molar-refractivity contribution in [2.24, 2.45) is 0 Å². The summed E-state index contributed by atoms with van der Waals surface area (Å²) in [5.74, 6) is 0. The van der Waals surface area contributed by atoms with Crippen LogP contribution in [0.25, 0.3) is 21.8 Å². The molecule has 2 heteroatoms. The second-order valence-electron chi connectivity index (χ2n) is 9.51. The third kappa shape index (κ3) is 5.05. The van der Waals surface area contributed by atoms with Crippen LogP contribution in [0.3, 0.4) is 0 Å². The van der Waals surface area contributed by atoms with E-state index in [0.717, 1.165) is 0 Å². The topological polar surface area (TPSA) is 9.23 Å². The van der Waals surface area contributed by atoms with Gasteiger partial charge in [-0.25, -0.2) is 0 Å². The maximum atomic E-state index is 5.86. The highest BCUT2D eigenvalue weighted by Gasteiger charge is 2.28. The average molecular weight is 466 g/mol. The van der Waals surface area contributed by atoms with E-state index in [0.29, 0.717) is 6.61 Å². The highest BCUT2D eigenvalue weighted by molar-refractivity contribution is 7.00. The first-order valence-electron chi connectivity index (χ1n) is 12.5. The molecule has 0 saturated heterocycles. The van der Waals surface area contributed by atoms with Crippen molar-refractivity contribution in [3.63, 3.8) is 0 Å². The summed E-state index contributed by atoms with van der Waals surface area (Å²) in [6.45, 7) is 4.86. The molecule has 0 aliphatic heterocycles. The van der Waals surface area contributed by atoms with Gasteiger partial charge in [-0.2, -0.15) is 0 Å². The van der Waals surface area contributed by atoms with Crippen molar-refractivity contribution in [2.75, 3.05) is 13.7 Å². The lowest BCUT2D eigenvalue weighted by molar-refractivity contribution is 0.240. The first-order valence-corrected chi connectivity index (χ1v) is 12.5. The Bertz CT molecular complexity index is 1480. The molecule has 0 saturated carbocycles. The van der Waals surface area contributed by atoms with Gasteiger partial charge in [0.2, 0.25) is 6.71 Å². The van der Waals surface area contributed by atoms with Crippen LogP contribution >= 0.6 is 0 Å². The largest absolute Gasteiger partial charge is 0.380 e. The minimum absolute atomic E-state index is 0.0550. The number of fused-ring (bicyclic) bond motifs is 1. The molecule has 0 aliphatic rings. The Kier molecular flexibility index (Phi) is 7.16. The van der Waals surface area contributed by atoms with Crippen molar-refractivity contribution in [1.29, 1.82) is 0 Å². The summed E-state index contributed by atoms with van der Waals surface area (Å²) in [7, 11) is 1.79. The Hall–Kier alpha value is -3.88. The van der Waals surface area contributed by atoms with Crippen molar-refractivity contribution in [3.8, 4) is 0 Å². The summed E-state index contributed by atoms with van der Waals surface area (Å²) in [4.78, 5) is 0. The Labute approximate surface area is 215 Å². The van der Waals surface area contributed by atoms with E-state index in [1.165, 1.54) is 55.0 Å². The summed E-state index contributed by atoms with van der Waals surface area (Å²) in [6, 6.07) is 44.1. The molecule has 5 aromatic rings. The van der Waals surface area contributed by atoms with Crippen molar-refractivity contribution < 1.29 is 4.74 Å². The van der Waals surface area contributed by atoms with Crippen LogP contribution in [0.5, 0.6) is 0 Å². The van der Waals surface area contributed by atoms with E-state index in [-0.39, 0.29) is 6.71 Å². The molecule has 0 bridgehead atoms. The second-order valence-corrected chi connectivity index (χ2v) is 9.51. The molecule has 0 aromatic heterocycles. The predicted octanol–water partition coefficient (Wildman–Crippen LogP) is 6.86. The Morgan fingerprint density at radius 1 is 0.583 bits per heavy atom. The maximum Gasteiger partial charge on any atom is 0.242 e. The Morgan fingerprint density at radius 3 is 1.81 bits per heavy atom. The smallest absolute Gasteiger partial charge is 0.242 e. The molecule has 0 spiro atoms. The number of methoxy groups -OCH3 is 1. The molecule has 5 rings (SSSR count). The normalized spacial score (nSPS) is 11.9. The number of hydrogen-bond donors (Lipinski definition) is 0. The van der Waals surface area contributed by atoms with Gasteiger partial charge in [-0.05, 0) is 47.4 Å². The molecular weight excluding hydrogens is 435 g/mol. The summed E-state index contributed by atoms with van der Waals surface area (Å²) >= 11 is 0. The van der Waals surface area contributed by atoms with Crippen molar-refractivity contribution in [2.45, 2.75) is 13.8 Å². The van der Waals surface area contributed by atoms with Gasteiger partial charge in [0, 0.05) is 7.11 Å². The predicted molar refractivity (Wildman–Crippen MR) is 156 cm³/mol. The Balaban J connectivity index is 1.85. The van der Waals surface area contributed by atoms with Crippen LogP contribution in [0.2, 0.25) is 0 Å². The molecule has 0 unspecified atom stereocenters. The fourth-order valence-electron chi connectivity index (χ4n) is 5.02. The van der Waals surface area contributed by atoms with E-state index in [1.807, 2.05) is 0 Å². The van der Waals surface area contributed by atoms with Crippen molar-refractivity contribution in [1.82, 2.24) is 0 Å². The molecule has 36 heavy (non-hydrogen) atoms. The Morgan fingerprint density at radius 2 is 1.14 bits per heavy atom. The first-order chi connectivity index (χ1) is 17.6. The molecule has 176 valence electrons. The monoisotopic (exact) mass is 466 g/mol. The van der Waals surface area contributed by atoms with Gasteiger partial charge in [-0.15, -0.1) is 0 Å². The zero-order valence-corrected chi connectivity index (χ0v) is 21.2. The van der Waals surface area contributed by atoms with Gasteiger partial charge in [0.1, 0.15) is 0 Å². The van der Waals surface area contributed by atoms with Gasteiger partial charge in [-0.1, -0.05) is 143 Å². The van der Waals surface area contributed by atoms with E-state index < -0.39 is 0 Å². The summed E-state index contributed by atoms with van der Waals surface area (Å²) in [5.41, 5.74) is 9.96. The minimum Gasteiger partial charge on any atom is -0.380 e. The fraction of sp³-hybridized carbons (Fsp3) is 0.118. The van der Waals surface area contributed by atoms with Gasteiger partial charge in [0.15, 0.2) is 0 Å². The second kappa shape index (κ2) is 10.8. The zero-order chi connectivity index (χ0) is 24.9. The van der Waals surface area contributed by atoms with Crippen LogP contribution in [0.15, 0.2) is 121 Å². The number of hydrogen-bond acceptors (Lipinski definition) is 1. The standard InChI is InChI=1S/C34H31BO/c1-25-13-17-28(18-14-25)33(24-36-3)34(30-20-19-27-9-7-8-10-29(27)23-30)35(31-11-5-4-6-12-31)32-21-15-26(2)16-22-32/h4-23H,24H2,1-3H3/b34-33+. The van der Waals surface area contributed by atoms with Crippen LogP contribution in [-0.2, 0) is 4.74 Å². The third-order valence-corrected chi connectivity index (χ3v) is 6.91. The number of benzene rings is 5. The van der Waals surface area contributed by atoms with Crippen molar-refractivity contribution >= 4 is 39.5 Å². The summed E-state index contributed by atoms with van der Waals surface area (Å²) in [6.07, 6.45) is 0. The number of ether oxygens (including phenoxy) is 1. The van der Waals surface area contributed by atoms with Gasteiger partial charge in [-0.3, -0.25) is 0 Å². The van der Waals surface area contributed by atoms with E-state index >= 15 is 0 Å². The minimum atomic E-state index is 0.0550. The highest BCUT2D eigenvalue weighted by Crippen LogP contribution is 2.31. The van der Waals surface area contributed by atoms with E-state index in [2.05, 4.69) is 135 Å². The third-order valence-electron chi connectivity index (χ3n) is 6.91. The van der Waals surface area contributed by atoms with Gasteiger partial charge >= 0.3 is 0 Å². The quantitative estimate of drug-likeness (QED) is 0.188. The zero-order valence-electron chi connectivity index (χ0n) is 21.2. The number of aryl methyl sites for hydroxylation is 2. The molecule has 0 radical (unpaired) electrons. The van der Waals surface area contributed by atoms with Crippen LogP contribution in [0.1, 0.15) is 22.3 Å². The molecule has 0 atom stereocenters. The van der Waals surface area contributed by atoms with Gasteiger partial charge < -0.3 is 4.74 Å². The first kappa shape index (κ1) is 23.8. The van der Waals surface area contributed by atoms with E-state index in [9.17, 15) is 0 Å². The molecule has 0 heterocycles. The van der Waals surface area contributed by atoms with Crippen molar-refractivity contribution in [3.05, 3.63) is 144 Å². The lowest BCUT2D eigenvalue weighted by atomic mass is 9.34. The summed E-state index contributed by atoms with van der Waals surface area (Å²) < 4.78 is 5.86. The highest BCUT2D eigenvalue weighted by atomic mass is 16.5. The van der Waals surface area contributed by atoms with E-state index in [1.54, 1.807) is 7.11 Å². The molecule has 1 nitrogen and oxygen atoms in total. The molecule has 5 aromatic carbocycles. The van der Waals surface area contributed by atoms with Crippen LogP contribution < -0.4 is 10.9 Å². The SMILES string of the molecule is COC/C(=C(\B(c1ccccc1)c1ccc(C)cc1)c1ccc2ccccc2c1)c1ccc(C)cc1. The summed E-state index contributed by atoms with van der Waals surface area (Å²) in [5, 5.41) is 2.49. The average Bonchev–Trinajstić information content (AvgIpc) is 2.92. The van der Waals surface area contributed by atoms with E-state index in [4.69, 9.17) is 4.74 Å². The van der Waals surface area contributed by atoms with Crippen LogP contribution in [-0.4, -0.2) is 20.4 Å². The lowest BCUT2D eigenvalue weighted by Crippen LogP contribution is -2.44. The molecule has 0 fully saturated rings. The molecule has 0 aliphatic carbocycles. The molecule has 0 amide bonds. The maximum absolute atomic E-state index is 5.86. The molecule has 0 N–H and O–H groups in total. The van der Waals surface area contributed by atoms with Gasteiger partial charge in [0.25, 0.3) is 0 Å². The molecular formula is C34H31BO.